The van der Waals surface area contributed by atoms with Gasteiger partial charge in [0.2, 0.25) is 6.58 Å². The van der Waals surface area contributed by atoms with Crippen LogP contribution in [0.3, 0.4) is 0 Å². The van der Waals surface area contributed by atoms with Gasteiger partial charge in [-0.2, -0.15) is 4.20 Å². The van der Waals surface area contributed by atoms with E-state index in [0.29, 0.717) is 0 Å². The Morgan fingerprint density at radius 2 is 2.00 bits per heavy atom. The van der Waals surface area contributed by atoms with E-state index in [-0.39, 0.29) is 0 Å². The predicted molar refractivity (Wildman–Crippen MR) is 23.5 cm³/mol. The van der Waals surface area contributed by atoms with E-state index in [0.717, 1.165) is 6.66 Å². The molecular weight excluding hydrogens is 110 g/mol. The quantitative estimate of drug-likeness (QED) is 0.472. The summed E-state index contributed by atoms with van der Waals surface area (Å²) < 4.78 is 11.2. The third kappa shape index (κ3) is 100. The van der Waals surface area contributed by atoms with Crippen LogP contribution in [0.5, 0.6) is 0 Å². The van der Waals surface area contributed by atoms with Crippen LogP contribution in [0.2, 0.25) is 0 Å². The van der Waals surface area contributed by atoms with Crippen LogP contribution in [0.1, 0.15) is 0 Å². The molecule has 1 unspecified atom stereocenters. The highest BCUT2D eigenvalue weighted by atomic mass is 32.5. The molecule has 5 heavy (non-hydrogen) atoms. The smallest absolute Gasteiger partial charge is 0.226 e. The van der Waals surface area contributed by atoms with Gasteiger partial charge in [-0.25, -0.2) is 0 Å². The molecule has 0 radical (unpaired) electrons. The van der Waals surface area contributed by atoms with Crippen molar-refractivity contribution >= 4 is 18.4 Å². The molecule has 0 fully saturated rings. The zero-order chi connectivity index (χ0) is 4.50. The van der Waals surface area contributed by atoms with Crippen molar-refractivity contribution in [3.05, 3.63) is 0 Å². The fourth-order valence-corrected chi connectivity index (χ4v) is 0. The van der Waals surface area contributed by atoms with Gasteiger partial charge in [0, 0.05) is 6.66 Å². The molecule has 32 valence electrons. The monoisotopic (exact) mass is 114 g/mol. The number of hydrogen-bond donors (Lipinski definition) is 1. The molecule has 0 spiro atoms. The first-order chi connectivity index (χ1) is 2.00. The Labute approximate surface area is 35.0 Å². The van der Waals surface area contributed by atoms with E-state index < -0.39 is 6.58 Å². The molecular formula is CH4FOPS. The van der Waals surface area contributed by atoms with Gasteiger partial charge in [-0.3, -0.25) is 0 Å². The number of hydrogen-bond acceptors (Lipinski definition) is 1. The second-order valence-electron chi connectivity index (χ2n) is 0.778. The van der Waals surface area contributed by atoms with Gasteiger partial charge >= 0.3 is 0 Å². The minimum absolute atomic E-state index is 1.00. The van der Waals surface area contributed by atoms with E-state index in [9.17, 15) is 4.20 Å². The Bertz CT molecular complexity index is 57.8. The summed E-state index contributed by atoms with van der Waals surface area (Å²) in [5, 5.41) is 0. The minimum Gasteiger partial charge on any atom is -0.342 e. The molecule has 1 atom stereocenters. The van der Waals surface area contributed by atoms with Gasteiger partial charge in [0.25, 0.3) is 0 Å². The van der Waals surface area contributed by atoms with Gasteiger partial charge in [0.1, 0.15) is 0 Å². The molecule has 0 rings (SSSR count). The lowest BCUT2D eigenvalue weighted by Gasteiger charge is -1.85. The van der Waals surface area contributed by atoms with Crippen LogP contribution in [0.25, 0.3) is 0 Å². The fraction of sp³-hybridized carbons (Fsp3) is 1.00. The van der Waals surface area contributed by atoms with Crippen LogP contribution in [-0.4, -0.2) is 11.6 Å². The second-order valence-corrected chi connectivity index (χ2v) is 4.33. The number of rotatable bonds is 0. The minimum atomic E-state index is -3.31. The van der Waals surface area contributed by atoms with Crippen molar-refractivity contribution in [1.29, 1.82) is 0 Å². The first-order valence-electron chi connectivity index (χ1n) is 0.999. The maximum atomic E-state index is 11.2. The van der Waals surface area contributed by atoms with Gasteiger partial charge in [-0.05, 0) is 11.8 Å². The van der Waals surface area contributed by atoms with E-state index >= 15 is 0 Å². The van der Waals surface area contributed by atoms with E-state index in [4.69, 9.17) is 4.89 Å². The lowest BCUT2D eigenvalue weighted by atomic mass is 12.0. The van der Waals surface area contributed by atoms with Crippen LogP contribution in [0.15, 0.2) is 0 Å². The Kier molecular flexibility index (Phi) is 1.47. The second kappa shape index (κ2) is 1.33. The fourth-order valence-electron chi connectivity index (χ4n) is 0. The average Bonchev–Trinajstić information content (AvgIpc) is 0.722. The summed E-state index contributed by atoms with van der Waals surface area (Å²) in [6.07, 6.45) is 0. The van der Waals surface area contributed by atoms with Crippen LogP contribution in [0.4, 0.5) is 4.20 Å². The SMILES string of the molecule is CP(O)(F)=S. The van der Waals surface area contributed by atoms with Crippen molar-refractivity contribution < 1.29 is 9.09 Å². The average molecular weight is 114 g/mol. The highest BCUT2D eigenvalue weighted by Crippen LogP contribution is 2.36. The molecule has 4 heteroatoms. The van der Waals surface area contributed by atoms with Crippen LogP contribution >= 0.6 is 6.58 Å². The Balaban J connectivity index is 3.47. The van der Waals surface area contributed by atoms with E-state index in [2.05, 4.69) is 11.8 Å². The highest BCUT2D eigenvalue weighted by molar-refractivity contribution is 8.08. The van der Waals surface area contributed by atoms with Crippen molar-refractivity contribution in [2.24, 2.45) is 0 Å². The van der Waals surface area contributed by atoms with Crippen molar-refractivity contribution in [3.8, 4) is 0 Å². The zero-order valence-corrected chi connectivity index (χ0v) is 4.39. The largest absolute Gasteiger partial charge is 0.342 e. The summed E-state index contributed by atoms with van der Waals surface area (Å²) in [6, 6.07) is 0. The van der Waals surface area contributed by atoms with E-state index in [1.807, 2.05) is 0 Å². The Morgan fingerprint density at radius 3 is 2.00 bits per heavy atom. The molecule has 0 heterocycles. The summed E-state index contributed by atoms with van der Waals surface area (Å²) in [6.45, 7) is -2.30. The highest BCUT2D eigenvalue weighted by Gasteiger charge is 1.92. The normalized spacial score (nSPS) is 21.4. The van der Waals surface area contributed by atoms with Crippen molar-refractivity contribution in [2.75, 3.05) is 6.66 Å². The third-order valence-electron chi connectivity index (χ3n) is 0. The zero-order valence-electron chi connectivity index (χ0n) is 2.68. The molecule has 0 amide bonds. The first-order valence-corrected chi connectivity index (χ1v) is 4.09. The third-order valence-corrected chi connectivity index (χ3v) is 0. The van der Waals surface area contributed by atoms with Crippen LogP contribution in [-0.2, 0) is 11.8 Å². The number of halogens is 1. The molecule has 1 N–H and O–H groups in total. The molecule has 0 aliphatic heterocycles. The topological polar surface area (TPSA) is 20.2 Å². The molecule has 0 bridgehead atoms. The molecule has 0 aromatic carbocycles. The van der Waals surface area contributed by atoms with Gasteiger partial charge in [0.05, 0.1) is 0 Å². The molecule has 0 saturated heterocycles. The van der Waals surface area contributed by atoms with Gasteiger partial charge in [0.15, 0.2) is 0 Å². The Morgan fingerprint density at radius 1 is 2.00 bits per heavy atom. The Hall–Kier alpha value is 0.540. The van der Waals surface area contributed by atoms with Gasteiger partial charge < -0.3 is 4.89 Å². The summed E-state index contributed by atoms with van der Waals surface area (Å²) >= 11 is 3.83. The first kappa shape index (κ1) is 5.54. The lowest BCUT2D eigenvalue weighted by Crippen LogP contribution is -1.53. The van der Waals surface area contributed by atoms with E-state index in [1.165, 1.54) is 0 Å². The van der Waals surface area contributed by atoms with Crippen LogP contribution < -0.4 is 0 Å². The lowest BCUT2D eigenvalue weighted by molar-refractivity contribution is 0.572. The summed E-state index contributed by atoms with van der Waals surface area (Å²) in [5.41, 5.74) is 0. The van der Waals surface area contributed by atoms with Crippen molar-refractivity contribution in [1.82, 2.24) is 0 Å². The van der Waals surface area contributed by atoms with E-state index in [1.54, 1.807) is 0 Å². The van der Waals surface area contributed by atoms with Crippen molar-refractivity contribution in [2.45, 2.75) is 0 Å². The molecule has 0 aliphatic rings. The molecule has 0 aromatic heterocycles. The van der Waals surface area contributed by atoms with Crippen LogP contribution in [0, 0.1) is 0 Å². The summed E-state index contributed by atoms with van der Waals surface area (Å²) in [5.74, 6) is 0. The maximum absolute atomic E-state index is 11.2. The van der Waals surface area contributed by atoms with Gasteiger partial charge in [-0.15, -0.1) is 0 Å². The molecule has 1 nitrogen and oxygen atoms in total. The predicted octanol–water partition coefficient (Wildman–Crippen LogP) is 0.887. The molecule has 0 aliphatic carbocycles. The van der Waals surface area contributed by atoms with Crippen molar-refractivity contribution in [3.63, 3.8) is 0 Å². The molecule has 0 saturated carbocycles. The summed E-state index contributed by atoms with van der Waals surface area (Å²) in [4.78, 5) is 7.78. The maximum Gasteiger partial charge on any atom is 0.226 e. The van der Waals surface area contributed by atoms with Gasteiger partial charge in [-0.1, -0.05) is 0 Å². The molecule has 0 aromatic rings. The summed E-state index contributed by atoms with van der Waals surface area (Å²) in [7, 11) is 0. The standard InChI is InChI=1S/CH4FOPS/c1-4(2,3)5/h1H3,(H,3,5).